The smallest absolute Gasteiger partial charge is 0.0490 e. The maximum atomic E-state index is 5.95. The lowest BCUT2D eigenvalue weighted by Crippen LogP contribution is -1.90. The van der Waals surface area contributed by atoms with Crippen LogP contribution in [0.2, 0.25) is 0 Å². The maximum absolute atomic E-state index is 5.95. The van der Waals surface area contributed by atoms with Gasteiger partial charge in [0, 0.05) is 107 Å². The second kappa shape index (κ2) is 15.9. The van der Waals surface area contributed by atoms with Crippen LogP contribution in [0.5, 0.6) is 0 Å². The van der Waals surface area contributed by atoms with Gasteiger partial charge in [0.05, 0.1) is 0 Å². The molecule has 0 atom stereocenters. The molecule has 11 aromatic rings. The van der Waals surface area contributed by atoms with Crippen molar-refractivity contribution in [2.24, 2.45) is 7.05 Å². The second-order valence-electron chi connectivity index (χ2n) is 13.9. The summed E-state index contributed by atoms with van der Waals surface area (Å²) in [5, 5.41) is 10.5. The van der Waals surface area contributed by atoms with Gasteiger partial charge in [-0.15, -0.1) is 0 Å². The van der Waals surface area contributed by atoms with Crippen molar-refractivity contribution in [3.8, 4) is 0 Å². The molecule has 0 amide bonds. The van der Waals surface area contributed by atoms with Gasteiger partial charge < -0.3 is 42.8 Å². The molecule has 3 heterocycles. The Morgan fingerprint density at radius 1 is 0.386 bits per heavy atom. The fourth-order valence-corrected chi connectivity index (χ4v) is 7.24. The summed E-state index contributed by atoms with van der Waals surface area (Å²) in [6.45, 7) is 0. The van der Waals surface area contributed by atoms with Crippen molar-refractivity contribution in [3.63, 3.8) is 0 Å². The van der Waals surface area contributed by atoms with Crippen LogP contribution in [0.3, 0.4) is 0 Å². The Kier molecular flexibility index (Phi) is 10.1. The summed E-state index contributed by atoms with van der Waals surface area (Å²) < 4.78 is 2.20. The number of nitrogens with one attached hydrogen (secondary N) is 3. The third-order valence-corrected chi connectivity index (χ3v) is 10.0. The molecule has 0 bridgehead atoms. The van der Waals surface area contributed by atoms with Crippen LogP contribution in [0.1, 0.15) is 0 Å². The zero-order valence-corrected chi connectivity index (χ0v) is 31.6. The van der Waals surface area contributed by atoms with E-state index in [1.54, 1.807) is 0 Å². The summed E-state index contributed by atoms with van der Waals surface area (Å²) in [4.78, 5) is 6.69. The van der Waals surface area contributed by atoms with E-state index in [-0.39, 0.29) is 0 Å². The fraction of sp³-hybridized carbons (Fsp3) is 0.0204. The van der Waals surface area contributed by atoms with Crippen LogP contribution < -0.4 is 28.3 Å². The Balaban J connectivity index is 0.000000107. The molecule has 0 unspecified atom stereocenters. The predicted molar refractivity (Wildman–Crippen MR) is 246 cm³/mol. The van der Waals surface area contributed by atoms with Gasteiger partial charge >= 0.3 is 0 Å². The largest absolute Gasteiger partial charge is 0.399 e. The average Bonchev–Trinajstić information content (AvgIpc) is 3.90. The monoisotopic (exact) mass is 744 g/mol. The zero-order valence-electron chi connectivity index (χ0n) is 31.6. The Morgan fingerprint density at radius 2 is 0.895 bits per heavy atom. The number of nitrogens with zero attached hydrogens (tertiary/aromatic N) is 1. The van der Waals surface area contributed by atoms with Gasteiger partial charge in [0.25, 0.3) is 0 Å². The van der Waals surface area contributed by atoms with E-state index in [1.165, 1.54) is 38.0 Å². The van der Waals surface area contributed by atoms with E-state index in [4.69, 9.17) is 22.9 Å². The summed E-state index contributed by atoms with van der Waals surface area (Å²) in [6, 6.07) is 60.5. The minimum atomic E-state index is 0.781. The highest BCUT2D eigenvalue weighted by molar-refractivity contribution is 6.13. The molecule has 0 radical (unpaired) electrons. The van der Waals surface area contributed by atoms with Crippen LogP contribution in [0.15, 0.2) is 182 Å². The molecule has 0 aliphatic rings. The van der Waals surface area contributed by atoms with Gasteiger partial charge in [0.15, 0.2) is 0 Å². The molecular weight excluding hydrogens is 701 g/mol. The van der Waals surface area contributed by atoms with Gasteiger partial charge in [0.2, 0.25) is 0 Å². The minimum Gasteiger partial charge on any atom is -0.399 e. The number of nitrogens with two attached hydrogens (primary N) is 4. The topological polar surface area (TPSA) is 153 Å². The summed E-state index contributed by atoms with van der Waals surface area (Å²) in [5.41, 5.74) is 35.5. The predicted octanol–water partition coefficient (Wildman–Crippen LogP) is 11.7. The third kappa shape index (κ3) is 7.74. The quantitative estimate of drug-likeness (QED) is 0.0878. The SMILES string of the molecule is Cn1c2ccccc2c2cc(N)ccc21.Nc1ccc(Nc2ccccc2)cc1.Nc1ccc2[nH]c3ccccc3c2c1.Nc1cccc2[nH]c3ccccc3c12. The van der Waals surface area contributed by atoms with Crippen LogP contribution in [0.25, 0.3) is 65.4 Å². The molecule has 11 N–H and O–H groups in total. The molecular formula is C49H44N8. The first kappa shape index (κ1) is 36.2. The van der Waals surface area contributed by atoms with E-state index < -0.39 is 0 Å². The van der Waals surface area contributed by atoms with Gasteiger partial charge in [-0.3, -0.25) is 0 Å². The molecule has 0 saturated heterocycles. The van der Waals surface area contributed by atoms with Gasteiger partial charge in [-0.05, 0) is 103 Å². The number of fused-ring (bicyclic) bond motifs is 9. The number of aryl methyl sites for hydroxylation is 1. The maximum Gasteiger partial charge on any atom is 0.0490 e. The van der Waals surface area contributed by atoms with Crippen molar-refractivity contribution in [2.75, 3.05) is 28.3 Å². The molecule has 0 fully saturated rings. The van der Waals surface area contributed by atoms with E-state index in [0.29, 0.717) is 0 Å². The van der Waals surface area contributed by atoms with Gasteiger partial charge in [-0.25, -0.2) is 0 Å². The van der Waals surface area contributed by atoms with Gasteiger partial charge in [-0.2, -0.15) is 0 Å². The molecule has 8 nitrogen and oxygen atoms in total. The van der Waals surface area contributed by atoms with E-state index in [1.807, 2.05) is 127 Å². The van der Waals surface area contributed by atoms with Crippen molar-refractivity contribution in [1.29, 1.82) is 0 Å². The van der Waals surface area contributed by atoms with E-state index in [0.717, 1.165) is 61.6 Å². The number of rotatable bonds is 2. The molecule has 57 heavy (non-hydrogen) atoms. The number of aromatic nitrogens is 3. The highest BCUT2D eigenvalue weighted by Crippen LogP contribution is 2.31. The summed E-state index contributed by atoms with van der Waals surface area (Å²) in [6.07, 6.45) is 0. The molecule has 0 saturated carbocycles. The van der Waals surface area contributed by atoms with E-state index in [9.17, 15) is 0 Å². The van der Waals surface area contributed by atoms with Crippen molar-refractivity contribution >= 4 is 99.5 Å². The standard InChI is InChI=1S/C13H12N2.2C12H10N2.C12H12N2/c1-15-12-5-3-2-4-10(12)11-8-9(14)6-7-13(11)15;13-9-5-3-7-11-12(9)8-4-1-2-6-10(8)14-11;13-8-5-6-12-10(7-8)9-3-1-2-4-11(9)14-12;13-10-6-8-12(9-7-10)14-11-4-2-1-3-5-11/h2-8H,14H2,1H3;2*1-7,14H,13H2;1-9,14H,13H2. The number of nitrogen functional groups attached to an aromatic ring is 4. The molecule has 8 heteroatoms. The molecule has 11 rings (SSSR count). The number of anilines is 6. The normalized spacial score (nSPS) is 10.8. The van der Waals surface area contributed by atoms with E-state index in [2.05, 4.69) is 81.5 Å². The van der Waals surface area contributed by atoms with Crippen LogP contribution in [-0.4, -0.2) is 14.5 Å². The minimum absolute atomic E-state index is 0.781. The Morgan fingerprint density at radius 3 is 1.65 bits per heavy atom. The van der Waals surface area contributed by atoms with Crippen molar-refractivity contribution in [2.45, 2.75) is 0 Å². The first-order valence-electron chi connectivity index (χ1n) is 18.7. The van der Waals surface area contributed by atoms with Gasteiger partial charge in [0.1, 0.15) is 0 Å². The summed E-state index contributed by atoms with van der Waals surface area (Å²) >= 11 is 0. The molecule has 0 spiro atoms. The van der Waals surface area contributed by atoms with Crippen molar-refractivity contribution in [3.05, 3.63) is 182 Å². The Labute approximate surface area is 330 Å². The van der Waals surface area contributed by atoms with Gasteiger partial charge in [-0.1, -0.05) is 78.9 Å². The number of aromatic amines is 2. The molecule has 0 aliphatic heterocycles. The number of hydrogen-bond donors (Lipinski definition) is 7. The Hall–Kier alpha value is -7.84. The third-order valence-electron chi connectivity index (χ3n) is 10.0. The highest BCUT2D eigenvalue weighted by Gasteiger charge is 2.07. The lowest BCUT2D eigenvalue weighted by atomic mass is 10.1. The van der Waals surface area contributed by atoms with Crippen LogP contribution in [-0.2, 0) is 7.05 Å². The Bertz CT molecular complexity index is 3100. The second-order valence-corrected chi connectivity index (χ2v) is 13.9. The van der Waals surface area contributed by atoms with E-state index >= 15 is 0 Å². The molecule has 8 aromatic carbocycles. The first-order valence-corrected chi connectivity index (χ1v) is 18.7. The highest BCUT2D eigenvalue weighted by atomic mass is 14.9. The average molecular weight is 745 g/mol. The van der Waals surface area contributed by atoms with Crippen molar-refractivity contribution < 1.29 is 0 Å². The molecule has 3 aromatic heterocycles. The lowest BCUT2D eigenvalue weighted by molar-refractivity contribution is 1.01. The fourth-order valence-electron chi connectivity index (χ4n) is 7.24. The molecule has 0 aliphatic carbocycles. The number of para-hydroxylation sites is 4. The van der Waals surface area contributed by atoms with Crippen LogP contribution >= 0.6 is 0 Å². The number of benzene rings is 8. The number of hydrogen-bond acceptors (Lipinski definition) is 5. The first-order chi connectivity index (χ1) is 27.8. The van der Waals surface area contributed by atoms with Crippen LogP contribution in [0, 0.1) is 0 Å². The lowest BCUT2D eigenvalue weighted by Gasteiger charge is -2.05. The molecule has 280 valence electrons. The zero-order chi connectivity index (χ0) is 39.3. The summed E-state index contributed by atoms with van der Waals surface area (Å²) in [7, 11) is 2.08. The number of H-pyrrole nitrogens is 2. The van der Waals surface area contributed by atoms with Crippen molar-refractivity contribution in [1.82, 2.24) is 14.5 Å². The summed E-state index contributed by atoms with van der Waals surface area (Å²) in [5.74, 6) is 0. The van der Waals surface area contributed by atoms with Crippen LogP contribution in [0.4, 0.5) is 34.1 Å².